The molecule has 3 rings (SSSR count). The Morgan fingerprint density at radius 1 is 1.32 bits per heavy atom. The van der Waals surface area contributed by atoms with Crippen LogP contribution in [-0.2, 0) is 9.53 Å². The van der Waals surface area contributed by atoms with Crippen molar-refractivity contribution < 1.29 is 9.53 Å². The molecule has 104 valence electrons. The molecule has 0 aromatic heterocycles. The predicted octanol–water partition coefficient (Wildman–Crippen LogP) is 3.23. The molecule has 19 heavy (non-hydrogen) atoms. The third-order valence-corrected chi connectivity index (χ3v) is 5.30. The Morgan fingerprint density at radius 2 is 2.00 bits per heavy atom. The molecule has 0 aromatic carbocycles. The first kappa shape index (κ1) is 12.8. The first-order chi connectivity index (χ1) is 9.03. The van der Waals surface area contributed by atoms with Crippen molar-refractivity contribution in [3.05, 3.63) is 23.6 Å². The van der Waals surface area contributed by atoms with E-state index in [1.165, 1.54) is 12.8 Å². The van der Waals surface area contributed by atoms with Gasteiger partial charge in [-0.15, -0.1) is 0 Å². The number of hydrogen-bond donors (Lipinski definition) is 0. The van der Waals surface area contributed by atoms with Gasteiger partial charge >= 0.3 is 0 Å². The van der Waals surface area contributed by atoms with Crippen LogP contribution in [0.25, 0.3) is 0 Å². The Morgan fingerprint density at radius 3 is 2.58 bits per heavy atom. The Kier molecular flexibility index (Phi) is 2.95. The summed E-state index contributed by atoms with van der Waals surface area (Å²) in [5.41, 5.74) is 2.03. The number of amides is 1. The van der Waals surface area contributed by atoms with Crippen LogP contribution >= 0.6 is 0 Å². The van der Waals surface area contributed by atoms with Crippen LogP contribution in [0.4, 0.5) is 0 Å². The molecule has 0 unspecified atom stereocenters. The van der Waals surface area contributed by atoms with E-state index in [1.807, 2.05) is 11.8 Å². The lowest BCUT2D eigenvalue weighted by Crippen LogP contribution is -2.37. The van der Waals surface area contributed by atoms with E-state index in [4.69, 9.17) is 4.74 Å². The SMILES string of the molecule is C=C1OCC(N2CCC3(CCC(C)CC3)C2=O)=C1C. The Bertz CT molecular complexity index is 455. The van der Waals surface area contributed by atoms with Gasteiger partial charge in [0, 0.05) is 12.1 Å². The van der Waals surface area contributed by atoms with Crippen LogP contribution in [0.15, 0.2) is 23.6 Å². The second-order valence-electron chi connectivity index (χ2n) is 6.45. The summed E-state index contributed by atoms with van der Waals surface area (Å²) in [5.74, 6) is 1.84. The fourth-order valence-corrected chi connectivity index (χ4v) is 3.67. The van der Waals surface area contributed by atoms with Crippen LogP contribution in [0.1, 0.15) is 46.0 Å². The van der Waals surface area contributed by atoms with Gasteiger partial charge < -0.3 is 9.64 Å². The van der Waals surface area contributed by atoms with E-state index in [9.17, 15) is 4.79 Å². The molecule has 0 atom stereocenters. The zero-order chi connectivity index (χ0) is 13.6. The zero-order valence-corrected chi connectivity index (χ0v) is 12.0. The van der Waals surface area contributed by atoms with Gasteiger partial charge in [0.15, 0.2) is 0 Å². The van der Waals surface area contributed by atoms with Crippen LogP contribution < -0.4 is 0 Å². The largest absolute Gasteiger partial charge is 0.488 e. The van der Waals surface area contributed by atoms with E-state index >= 15 is 0 Å². The van der Waals surface area contributed by atoms with Crippen LogP contribution in [0.2, 0.25) is 0 Å². The summed E-state index contributed by atoms with van der Waals surface area (Å²) in [6.07, 6.45) is 5.54. The maximum absolute atomic E-state index is 12.8. The normalized spacial score (nSPS) is 35.5. The molecular weight excluding hydrogens is 238 g/mol. The fraction of sp³-hybridized carbons (Fsp3) is 0.688. The van der Waals surface area contributed by atoms with Crippen LogP contribution in [-0.4, -0.2) is 24.0 Å². The topological polar surface area (TPSA) is 29.5 Å². The number of rotatable bonds is 1. The van der Waals surface area contributed by atoms with Crippen molar-refractivity contribution in [1.82, 2.24) is 4.90 Å². The maximum atomic E-state index is 12.8. The van der Waals surface area contributed by atoms with Gasteiger partial charge in [-0.25, -0.2) is 0 Å². The van der Waals surface area contributed by atoms with Crippen LogP contribution in [0.5, 0.6) is 0 Å². The van der Waals surface area contributed by atoms with E-state index in [-0.39, 0.29) is 5.41 Å². The van der Waals surface area contributed by atoms with Gasteiger partial charge in [-0.3, -0.25) is 4.79 Å². The molecule has 1 saturated heterocycles. The summed E-state index contributed by atoms with van der Waals surface area (Å²) in [4.78, 5) is 14.8. The minimum absolute atomic E-state index is 0.0658. The molecule has 1 aliphatic carbocycles. The molecule has 1 saturated carbocycles. The van der Waals surface area contributed by atoms with E-state index in [1.54, 1.807) is 0 Å². The highest BCUT2D eigenvalue weighted by atomic mass is 16.5. The summed E-state index contributed by atoms with van der Waals surface area (Å²) in [6, 6.07) is 0. The van der Waals surface area contributed by atoms with Crippen LogP contribution in [0.3, 0.4) is 0 Å². The molecular formula is C16H23NO2. The molecule has 2 heterocycles. The summed E-state index contributed by atoms with van der Waals surface area (Å²) in [6.45, 7) is 9.56. The summed E-state index contributed by atoms with van der Waals surface area (Å²) < 4.78 is 5.47. The minimum atomic E-state index is -0.0658. The Labute approximate surface area is 115 Å². The minimum Gasteiger partial charge on any atom is -0.488 e. The smallest absolute Gasteiger partial charge is 0.233 e. The number of carbonyl (C=O) groups is 1. The lowest BCUT2D eigenvalue weighted by molar-refractivity contribution is -0.136. The second kappa shape index (κ2) is 4.39. The van der Waals surface area contributed by atoms with Gasteiger partial charge in [0.05, 0.1) is 11.1 Å². The lowest BCUT2D eigenvalue weighted by atomic mass is 9.70. The molecule has 3 nitrogen and oxygen atoms in total. The van der Waals surface area contributed by atoms with Gasteiger partial charge in [-0.1, -0.05) is 13.5 Å². The standard InChI is InChI=1S/C16H23NO2/c1-11-4-6-16(7-5-11)8-9-17(15(16)18)14-10-19-13(3)12(14)2/h11H,3-10H2,1-2H3. The summed E-state index contributed by atoms with van der Waals surface area (Å²) in [5, 5.41) is 0. The summed E-state index contributed by atoms with van der Waals surface area (Å²) >= 11 is 0. The highest BCUT2D eigenvalue weighted by molar-refractivity contribution is 5.87. The third-order valence-electron chi connectivity index (χ3n) is 5.30. The molecule has 0 N–H and O–H groups in total. The molecule has 1 amide bonds. The molecule has 3 heteroatoms. The van der Waals surface area contributed by atoms with Crippen molar-refractivity contribution in [3.8, 4) is 0 Å². The zero-order valence-electron chi connectivity index (χ0n) is 12.0. The number of ether oxygens (including phenoxy) is 1. The average molecular weight is 261 g/mol. The highest BCUT2D eigenvalue weighted by Crippen LogP contribution is 2.48. The Balaban J connectivity index is 1.81. The van der Waals surface area contributed by atoms with Crippen molar-refractivity contribution in [2.45, 2.75) is 46.0 Å². The molecule has 0 radical (unpaired) electrons. The van der Waals surface area contributed by atoms with Gasteiger partial charge in [-0.2, -0.15) is 0 Å². The van der Waals surface area contributed by atoms with E-state index in [0.717, 1.165) is 48.8 Å². The molecule has 2 aliphatic heterocycles. The Hall–Kier alpha value is -1.25. The monoisotopic (exact) mass is 261 g/mol. The quantitative estimate of drug-likeness (QED) is 0.725. The molecule has 1 spiro atoms. The van der Waals surface area contributed by atoms with Gasteiger partial charge in [-0.05, 0) is 44.9 Å². The number of allylic oxidation sites excluding steroid dienone is 1. The van der Waals surface area contributed by atoms with Crippen LogP contribution in [0, 0.1) is 11.3 Å². The maximum Gasteiger partial charge on any atom is 0.233 e. The van der Waals surface area contributed by atoms with Crippen molar-refractivity contribution in [2.75, 3.05) is 13.2 Å². The van der Waals surface area contributed by atoms with Gasteiger partial charge in [0.1, 0.15) is 12.4 Å². The lowest BCUT2D eigenvalue weighted by Gasteiger charge is -2.34. The van der Waals surface area contributed by atoms with Gasteiger partial charge in [0.25, 0.3) is 0 Å². The van der Waals surface area contributed by atoms with Crippen molar-refractivity contribution in [1.29, 1.82) is 0 Å². The van der Waals surface area contributed by atoms with E-state index < -0.39 is 0 Å². The highest BCUT2D eigenvalue weighted by Gasteiger charge is 2.49. The fourth-order valence-electron chi connectivity index (χ4n) is 3.67. The van der Waals surface area contributed by atoms with Crippen molar-refractivity contribution in [3.63, 3.8) is 0 Å². The average Bonchev–Trinajstić information content (AvgIpc) is 2.88. The number of likely N-dealkylation sites (tertiary alicyclic amines) is 1. The van der Waals surface area contributed by atoms with Gasteiger partial charge in [0.2, 0.25) is 5.91 Å². The van der Waals surface area contributed by atoms with E-state index in [2.05, 4.69) is 13.5 Å². The number of hydrogen-bond acceptors (Lipinski definition) is 2. The van der Waals surface area contributed by atoms with Crippen molar-refractivity contribution >= 4 is 5.91 Å². The second-order valence-corrected chi connectivity index (χ2v) is 6.45. The number of nitrogens with zero attached hydrogens (tertiary/aromatic N) is 1. The molecule has 3 aliphatic rings. The molecule has 2 fully saturated rings. The summed E-state index contributed by atoms with van der Waals surface area (Å²) in [7, 11) is 0. The molecule has 0 bridgehead atoms. The van der Waals surface area contributed by atoms with E-state index in [0.29, 0.717) is 12.5 Å². The first-order valence-electron chi connectivity index (χ1n) is 7.37. The number of carbonyl (C=O) groups excluding carboxylic acids is 1. The first-order valence-corrected chi connectivity index (χ1v) is 7.37. The van der Waals surface area contributed by atoms with Crippen molar-refractivity contribution in [2.24, 2.45) is 11.3 Å². The molecule has 0 aromatic rings. The predicted molar refractivity (Wildman–Crippen MR) is 74.2 cm³/mol. The third kappa shape index (κ3) is 1.90.